The van der Waals surface area contributed by atoms with E-state index in [4.69, 9.17) is 10.5 Å². The number of carbonyl (C=O) groups is 2. The Bertz CT molecular complexity index is 1220. The van der Waals surface area contributed by atoms with E-state index in [1.807, 2.05) is 6.92 Å². The standard InChI is InChI=1S/C23H23N3O5S/c1-16-6-12-21(13-7-16)32(29,30)26(19-4-3-5-20(14-19)31-2)15-22(27)25-18-10-8-17(9-11-18)23(24)28/h3-14H,15H2,1-2H3,(H2,24,28)(H,25,27). The largest absolute Gasteiger partial charge is 0.497 e. The molecule has 0 atom stereocenters. The van der Waals surface area contributed by atoms with E-state index in [-0.39, 0.29) is 10.6 Å². The van der Waals surface area contributed by atoms with Crippen LogP contribution >= 0.6 is 0 Å². The molecule has 0 bridgehead atoms. The molecule has 0 heterocycles. The molecule has 0 spiro atoms. The molecule has 8 nitrogen and oxygen atoms in total. The Labute approximate surface area is 186 Å². The third-order valence-electron chi connectivity index (χ3n) is 4.69. The van der Waals surface area contributed by atoms with Gasteiger partial charge in [-0.3, -0.25) is 13.9 Å². The zero-order valence-electron chi connectivity index (χ0n) is 17.6. The molecular formula is C23H23N3O5S. The second-order valence-corrected chi connectivity index (χ2v) is 8.88. The van der Waals surface area contributed by atoms with Gasteiger partial charge in [0.25, 0.3) is 10.0 Å². The normalized spacial score (nSPS) is 10.9. The van der Waals surface area contributed by atoms with Crippen molar-refractivity contribution < 1.29 is 22.7 Å². The van der Waals surface area contributed by atoms with Gasteiger partial charge < -0.3 is 15.8 Å². The molecule has 3 rings (SSSR count). The maximum absolute atomic E-state index is 13.4. The van der Waals surface area contributed by atoms with Crippen molar-refractivity contribution in [2.24, 2.45) is 5.73 Å². The average Bonchev–Trinajstić information content (AvgIpc) is 2.78. The highest BCUT2D eigenvalue weighted by atomic mass is 32.2. The second kappa shape index (κ2) is 9.52. The minimum Gasteiger partial charge on any atom is -0.497 e. The van der Waals surface area contributed by atoms with Gasteiger partial charge in [-0.2, -0.15) is 0 Å². The van der Waals surface area contributed by atoms with Crippen LogP contribution in [0.3, 0.4) is 0 Å². The Kier molecular flexibility index (Phi) is 6.79. The van der Waals surface area contributed by atoms with Crippen LogP contribution < -0.4 is 20.1 Å². The lowest BCUT2D eigenvalue weighted by Gasteiger charge is -2.24. The van der Waals surface area contributed by atoms with E-state index in [2.05, 4.69) is 5.32 Å². The number of sulfonamides is 1. The molecule has 3 aromatic rings. The molecule has 0 aliphatic rings. The lowest BCUT2D eigenvalue weighted by atomic mass is 10.2. The number of ether oxygens (including phenoxy) is 1. The van der Waals surface area contributed by atoms with Gasteiger partial charge in [-0.1, -0.05) is 23.8 Å². The quantitative estimate of drug-likeness (QED) is 0.544. The summed E-state index contributed by atoms with van der Waals surface area (Å²) in [6.07, 6.45) is 0. The van der Waals surface area contributed by atoms with Crippen molar-refractivity contribution in [3.8, 4) is 5.75 Å². The first kappa shape index (κ1) is 22.8. The van der Waals surface area contributed by atoms with Gasteiger partial charge in [-0.15, -0.1) is 0 Å². The topological polar surface area (TPSA) is 119 Å². The predicted molar refractivity (Wildman–Crippen MR) is 122 cm³/mol. The summed E-state index contributed by atoms with van der Waals surface area (Å²) in [7, 11) is -2.57. The first-order valence-corrected chi connectivity index (χ1v) is 11.1. The number of rotatable bonds is 8. The summed E-state index contributed by atoms with van der Waals surface area (Å²) in [6.45, 7) is 1.38. The Hall–Kier alpha value is -3.85. The molecule has 0 aliphatic carbocycles. The van der Waals surface area contributed by atoms with Gasteiger partial charge in [0.2, 0.25) is 11.8 Å². The van der Waals surface area contributed by atoms with Crippen LogP contribution in [0.4, 0.5) is 11.4 Å². The van der Waals surface area contributed by atoms with Gasteiger partial charge in [-0.25, -0.2) is 8.42 Å². The predicted octanol–water partition coefficient (Wildman–Crippen LogP) is 2.94. The molecule has 9 heteroatoms. The molecule has 166 valence electrons. The van der Waals surface area contributed by atoms with Gasteiger partial charge in [0.1, 0.15) is 12.3 Å². The number of nitrogens with zero attached hydrogens (tertiary/aromatic N) is 1. The number of nitrogens with two attached hydrogens (primary N) is 1. The molecule has 0 aliphatic heterocycles. The number of aryl methyl sites for hydroxylation is 1. The van der Waals surface area contributed by atoms with Crippen LogP contribution in [0.25, 0.3) is 0 Å². The number of methoxy groups -OCH3 is 1. The van der Waals surface area contributed by atoms with E-state index >= 15 is 0 Å². The molecule has 3 aromatic carbocycles. The van der Waals surface area contributed by atoms with E-state index in [1.165, 1.54) is 43.5 Å². The monoisotopic (exact) mass is 453 g/mol. The number of primary amides is 1. The summed E-state index contributed by atoms with van der Waals surface area (Å²) in [5.74, 6) is -0.694. The van der Waals surface area contributed by atoms with Crippen molar-refractivity contribution in [2.75, 3.05) is 23.3 Å². The molecule has 0 radical (unpaired) electrons. The Morgan fingerprint density at radius 2 is 1.66 bits per heavy atom. The van der Waals surface area contributed by atoms with Crippen LogP contribution in [0.2, 0.25) is 0 Å². The second-order valence-electron chi connectivity index (χ2n) is 7.02. The molecule has 2 amide bonds. The van der Waals surface area contributed by atoms with E-state index in [0.29, 0.717) is 17.0 Å². The van der Waals surface area contributed by atoms with Crippen LogP contribution in [-0.4, -0.2) is 33.9 Å². The van der Waals surface area contributed by atoms with Gasteiger partial charge in [0, 0.05) is 17.3 Å². The van der Waals surface area contributed by atoms with Gasteiger partial charge in [0.15, 0.2) is 0 Å². The first-order chi connectivity index (χ1) is 15.2. The molecule has 0 unspecified atom stereocenters. The number of carbonyl (C=O) groups excluding carboxylic acids is 2. The molecule has 0 saturated heterocycles. The number of amides is 2. The van der Waals surface area contributed by atoms with Crippen molar-refractivity contribution in [2.45, 2.75) is 11.8 Å². The summed E-state index contributed by atoms with van der Waals surface area (Å²) in [4.78, 5) is 24.0. The Balaban J connectivity index is 1.92. The van der Waals surface area contributed by atoms with Crippen LogP contribution in [-0.2, 0) is 14.8 Å². The van der Waals surface area contributed by atoms with Crippen molar-refractivity contribution in [3.05, 3.63) is 83.9 Å². The lowest BCUT2D eigenvalue weighted by molar-refractivity contribution is -0.114. The number of benzene rings is 3. The van der Waals surface area contributed by atoms with Crippen molar-refractivity contribution >= 4 is 33.2 Å². The SMILES string of the molecule is COc1cccc(N(CC(=O)Nc2ccc(C(N)=O)cc2)S(=O)(=O)c2ccc(C)cc2)c1. The van der Waals surface area contributed by atoms with Crippen LogP contribution in [0.5, 0.6) is 5.75 Å². The summed E-state index contributed by atoms with van der Waals surface area (Å²) in [5.41, 5.74) is 7.11. The summed E-state index contributed by atoms with van der Waals surface area (Å²) in [5, 5.41) is 2.64. The van der Waals surface area contributed by atoms with Gasteiger partial charge in [0.05, 0.1) is 17.7 Å². The summed E-state index contributed by atoms with van der Waals surface area (Å²) >= 11 is 0. The molecule has 0 fully saturated rings. The average molecular weight is 454 g/mol. The number of hydrogen-bond donors (Lipinski definition) is 2. The summed E-state index contributed by atoms with van der Waals surface area (Å²) < 4.78 is 33.0. The van der Waals surface area contributed by atoms with Crippen molar-refractivity contribution in [1.82, 2.24) is 0 Å². The highest BCUT2D eigenvalue weighted by Gasteiger charge is 2.27. The molecule has 3 N–H and O–H groups in total. The van der Waals surface area contributed by atoms with Gasteiger partial charge in [-0.05, 0) is 55.5 Å². The minimum absolute atomic E-state index is 0.0598. The van der Waals surface area contributed by atoms with E-state index < -0.39 is 28.4 Å². The fourth-order valence-corrected chi connectivity index (χ4v) is 4.38. The molecule has 0 aromatic heterocycles. The summed E-state index contributed by atoms with van der Waals surface area (Å²) in [6, 6.07) is 18.8. The third-order valence-corrected chi connectivity index (χ3v) is 6.48. The van der Waals surface area contributed by atoms with Crippen LogP contribution in [0, 0.1) is 6.92 Å². The lowest BCUT2D eigenvalue weighted by Crippen LogP contribution is -2.38. The maximum atomic E-state index is 13.4. The Morgan fingerprint density at radius 1 is 1.00 bits per heavy atom. The van der Waals surface area contributed by atoms with Crippen LogP contribution in [0.15, 0.2) is 77.7 Å². The first-order valence-electron chi connectivity index (χ1n) is 9.64. The fraction of sp³-hybridized carbons (Fsp3) is 0.130. The molecule has 32 heavy (non-hydrogen) atoms. The van der Waals surface area contributed by atoms with Crippen molar-refractivity contribution in [3.63, 3.8) is 0 Å². The van der Waals surface area contributed by atoms with Crippen molar-refractivity contribution in [1.29, 1.82) is 0 Å². The zero-order chi connectivity index (χ0) is 23.3. The van der Waals surface area contributed by atoms with E-state index in [0.717, 1.165) is 9.87 Å². The van der Waals surface area contributed by atoms with E-state index in [9.17, 15) is 18.0 Å². The maximum Gasteiger partial charge on any atom is 0.264 e. The molecular weight excluding hydrogens is 430 g/mol. The fourth-order valence-electron chi connectivity index (χ4n) is 2.97. The van der Waals surface area contributed by atoms with Gasteiger partial charge >= 0.3 is 0 Å². The highest BCUT2D eigenvalue weighted by Crippen LogP contribution is 2.27. The minimum atomic E-state index is -4.05. The number of anilines is 2. The highest BCUT2D eigenvalue weighted by molar-refractivity contribution is 7.92. The van der Waals surface area contributed by atoms with Crippen LogP contribution in [0.1, 0.15) is 15.9 Å². The number of nitrogens with one attached hydrogen (secondary N) is 1. The molecule has 0 saturated carbocycles. The van der Waals surface area contributed by atoms with E-state index in [1.54, 1.807) is 36.4 Å². The Morgan fingerprint density at radius 3 is 2.25 bits per heavy atom. The zero-order valence-corrected chi connectivity index (χ0v) is 18.4. The number of hydrogen-bond acceptors (Lipinski definition) is 5. The smallest absolute Gasteiger partial charge is 0.264 e. The third kappa shape index (κ3) is 5.25.